The van der Waals surface area contributed by atoms with Crippen molar-refractivity contribution in [3.63, 3.8) is 0 Å². The lowest BCUT2D eigenvalue weighted by Crippen LogP contribution is -2.48. The molecule has 1 amide bonds. The van der Waals surface area contributed by atoms with Crippen LogP contribution < -0.4 is 15.5 Å². The number of nitrogens with one attached hydrogen (secondary N) is 2. The van der Waals surface area contributed by atoms with Crippen LogP contribution in [0.4, 0.5) is 11.6 Å². The summed E-state index contributed by atoms with van der Waals surface area (Å²) in [5, 5.41) is 6.19. The van der Waals surface area contributed by atoms with Crippen LogP contribution in [0, 0.1) is 6.92 Å². The van der Waals surface area contributed by atoms with E-state index < -0.39 is 0 Å². The van der Waals surface area contributed by atoms with E-state index in [0.717, 1.165) is 49.0 Å². The fourth-order valence-electron chi connectivity index (χ4n) is 2.25. The Kier molecular flexibility index (Phi) is 4.76. The summed E-state index contributed by atoms with van der Waals surface area (Å²) in [7, 11) is 0. The highest BCUT2D eigenvalue weighted by Gasteiger charge is 2.21. The Hall–Kier alpha value is -1.85. The van der Waals surface area contributed by atoms with Gasteiger partial charge in [-0.25, -0.2) is 9.97 Å². The number of hydrogen-bond acceptors (Lipinski definition) is 5. The minimum atomic E-state index is 0.0513. The Morgan fingerprint density at radius 3 is 2.80 bits per heavy atom. The summed E-state index contributed by atoms with van der Waals surface area (Å²) in [4.78, 5) is 22.8. The second-order valence-corrected chi connectivity index (χ2v) is 4.99. The molecule has 0 saturated carbocycles. The van der Waals surface area contributed by atoms with Crippen LogP contribution in [0.3, 0.4) is 0 Å². The van der Waals surface area contributed by atoms with E-state index in [4.69, 9.17) is 0 Å². The molecule has 20 heavy (non-hydrogen) atoms. The predicted octanol–water partition coefficient (Wildman–Crippen LogP) is 1.11. The topological polar surface area (TPSA) is 70.2 Å². The van der Waals surface area contributed by atoms with Crippen LogP contribution in [0.2, 0.25) is 0 Å². The number of aromatic nitrogens is 2. The molecule has 6 heteroatoms. The van der Waals surface area contributed by atoms with Crippen molar-refractivity contribution in [3.05, 3.63) is 11.4 Å². The van der Waals surface area contributed by atoms with Crippen molar-refractivity contribution in [2.45, 2.75) is 33.6 Å². The number of aryl methyl sites for hydroxylation is 1. The Morgan fingerprint density at radius 2 is 2.15 bits per heavy atom. The van der Waals surface area contributed by atoms with Crippen LogP contribution in [0.15, 0.2) is 0 Å². The molecule has 0 spiro atoms. The van der Waals surface area contributed by atoms with E-state index in [2.05, 4.69) is 27.5 Å². The predicted molar refractivity (Wildman–Crippen MR) is 80.2 cm³/mol. The van der Waals surface area contributed by atoms with Crippen LogP contribution in [0.25, 0.3) is 0 Å². The number of hydrogen-bond donors (Lipinski definition) is 2. The third-order valence-corrected chi connectivity index (χ3v) is 3.36. The maximum Gasteiger partial charge on any atom is 0.239 e. The van der Waals surface area contributed by atoms with Crippen LogP contribution >= 0.6 is 0 Å². The van der Waals surface area contributed by atoms with Crippen LogP contribution in [0.1, 0.15) is 31.7 Å². The summed E-state index contributed by atoms with van der Waals surface area (Å²) in [6, 6.07) is 0. The minimum absolute atomic E-state index is 0.0513. The fraction of sp³-hybridized carbons (Fsp3) is 0.643. The summed E-state index contributed by atoms with van der Waals surface area (Å²) in [6.07, 6.45) is 1.83. The maximum atomic E-state index is 11.6. The highest BCUT2D eigenvalue weighted by Crippen LogP contribution is 2.24. The van der Waals surface area contributed by atoms with Gasteiger partial charge in [-0.05, 0) is 13.3 Å². The molecule has 1 aromatic rings. The van der Waals surface area contributed by atoms with E-state index >= 15 is 0 Å². The van der Waals surface area contributed by atoms with Crippen LogP contribution in [0.5, 0.6) is 0 Å². The molecule has 6 nitrogen and oxygen atoms in total. The number of carbonyl (C=O) groups excluding carboxylic acids is 1. The van der Waals surface area contributed by atoms with Gasteiger partial charge in [0, 0.05) is 31.6 Å². The molecule has 0 aromatic carbocycles. The average Bonchev–Trinajstić information content (AvgIpc) is 2.46. The van der Waals surface area contributed by atoms with E-state index in [-0.39, 0.29) is 5.91 Å². The summed E-state index contributed by atoms with van der Waals surface area (Å²) < 4.78 is 0. The Morgan fingerprint density at radius 1 is 1.35 bits per heavy atom. The van der Waals surface area contributed by atoms with E-state index in [0.29, 0.717) is 13.1 Å². The van der Waals surface area contributed by atoms with Crippen molar-refractivity contribution >= 4 is 17.5 Å². The zero-order valence-corrected chi connectivity index (χ0v) is 12.5. The van der Waals surface area contributed by atoms with Gasteiger partial charge in [-0.2, -0.15) is 0 Å². The third kappa shape index (κ3) is 3.18. The largest absolute Gasteiger partial charge is 0.370 e. The standard InChI is InChI=1S/C14H23N5O/c1-4-6-16-13-10(3)14(18-11(5-2)17-13)19-8-7-15-12(20)9-19/h4-9H2,1-3H3,(H,15,20)(H,16,17,18). The third-order valence-electron chi connectivity index (χ3n) is 3.36. The monoisotopic (exact) mass is 277 g/mol. The number of carbonyl (C=O) groups is 1. The smallest absolute Gasteiger partial charge is 0.239 e. The van der Waals surface area contributed by atoms with Crippen molar-refractivity contribution in [2.75, 3.05) is 36.4 Å². The quantitative estimate of drug-likeness (QED) is 0.843. The summed E-state index contributed by atoms with van der Waals surface area (Å²) in [6.45, 7) is 8.90. The van der Waals surface area contributed by atoms with E-state index in [9.17, 15) is 4.79 Å². The second-order valence-electron chi connectivity index (χ2n) is 4.99. The Bertz CT molecular complexity index is 489. The lowest BCUT2D eigenvalue weighted by atomic mass is 10.2. The van der Waals surface area contributed by atoms with E-state index in [1.165, 1.54) is 0 Å². The van der Waals surface area contributed by atoms with Gasteiger partial charge in [0.05, 0.1) is 6.54 Å². The first-order valence-electron chi connectivity index (χ1n) is 7.28. The van der Waals surface area contributed by atoms with Crippen LogP contribution in [-0.2, 0) is 11.2 Å². The number of rotatable bonds is 5. The first-order valence-corrected chi connectivity index (χ1v) is 7.28. The Balaban J connectivity index is 2.32. The van der Waals surface area contributed by atoms with Gasteiger partial charge >= 0.3 is 0 Å². The molecule has 0 radical (unpaired) electrons. The van der Waals surface area contributed by atoms with Gasteiger partial charge in [0.1, 0.15) is 17.5 Å². The van der Waals surface area contributed by atoms with Crippen LogP contribution in [-0.4, -0.2) is 42.1 Å². The second kappa shape index (κ2) is 6.54. The summed E-state index contributed by atoms with van der Waals surface area (Å²) in [5.41, 5.74) is 1.02. The fourth-order valence-corrected chi connectivity index (χ4v) is 2.25. The molecule has 2 rings (SSSR count). The lowest BCUT2D eigenvalue weighted by Gasteiger charge is -2.29. The lowest BCUT2D eigenvalue weighted by molar-refractivity contribution is -0.120. The average molecular weight is 277 g/mol. The molecule has 2 heterocycles. The van der Waals surface area contributed by atoms with Crippen molar-refractivity contribution in [1.82, 2.24) is 15.3 Å². The normalized spacial score (nSPS) is 15.2. The van der Waals surface area contributed by atoms with E-state index in [1.54, 1.807) is 0 Å². The minimum Gasteiger partial charge on any atom is -0.370 e. The van der Waals surface area contributed by atoms with Crippen molar-refractivity contribution in [3.8, 4) is 0 Å². The summed E-state index contributed by atoms with van der Waals surface area (Å²) >= 11 is 0. The highest BCUT2D eigenvalue weighted by molar-refractivity contribution is 5.82. The number of nitrogens with zero attached hydrogens (tertiary/aromatic N) is 3. The van der Waals surface area contributed by atoms with Gasteiger partial charge in [0.2, 0.25) is 5.91 Å². The molecule has 110 valence electrons. The summed E-state index contributed by atoms with van der Waals surface area (Å²) in [5.74, 6) is 2.63. The molecular weight excluding hydrogens is 254 g/mol. The Labute approximate surface area is 120 Å². The number of anilines is 2. The highest BCUT2D eigenvalue weighted by atomic mass is 16.2. The number of amides is 1. The molecule has 0 atom stereocenters. The van der Waals surface area contributed by atoms with Gasteiger partial charge in [-0.1, -0.05) is 13.8 Å². The molecule has 1 aromatic heterocycles. The SMILES string of the molecule is CCCNc1nc(CC)nc(N2CCNC(=O)C2)c1C. The van der Waals surface area contributed by atoms with Gasteiger partial charge < -0.3 is 15.5 Å². The molecule has 0 unspecified atom stereocenters. The number of piperazine rings is 1. The first kappa shape index (κ1) is 14.6. The van der Waals surface area contributed by atoms with Gasteiger partial charge in [-0.3, -0.25) is 4.79 Å². The molecule has 1 aliphatic heterocycles. The molecule has 1 fully saturated rings. The maximum absolute atomic E-state index is 11.6. The zero-order valence-electron chi connectivity index (χ0n) is 12.5. The van der Waals surface area contributed by atoms with E-state index in [1.807, 2.05) is 18.7 Å². The molecular formula is C14H23N5O. The first-order chi connectivity index (χ1) is 9.65. The molecule has 2 N–H and O–H groups in total. The van der Waals surface area contributed by atoms with Crippen molar-refractivity contribution in [2.24, 2.45) is 0 Å². The molecule has 1 saturated heterocycles. The molecule has 0 aliphatic carbocycles. The molecule has 0 bridgehead atoms. The van der Waals surface area contributed by atoms with Gasteiger partial charge in [0.25, 0.3) is 0 Å². The molecule has 1 aliphatic rings. The van der Waals surface area contributed by atoms with Gasteiger partial charge in [0.15, 0.2) is 0 Å². The van der Waals surface area contributed by atoms with Crippen molar-refractivity contribution in [1.29, 1.82) is 0 Å². The zero-order chi connectivity index (χ0) is 14.5. The van der Waals surface area contributed by atoms with Crippen molar-refractivity contribution < 1.29 is 4.79 Å². The van der Waals surface area contributed by atoms with Gasteiger partial charge in [-0.15, -0.1) is 0 Å².